The molecule has 0 saturated carbocycles. The molecule has 0 amide bonds. The number of carbonyl (C=O) groups excluding carboxylic acids is 1. The summed E-state index contributed by atoms with van der Waals surface area (Å²) >= 11 is 0. The van der Waals surface area contributed by atoms with Crippen LogP contribution >= 0.6 is 0 Å². The number of nitrogens with two attached hydrogens (primary N) is 2. The Morgan fingerprint density at radius 2 is 1.93 bits per heavy atom. The van der Waals surface area contributed by atoms with Crippen molar-refractivity contribution in [2.24, 2.45) is 0 Å². The molecule has 0 atom stereocenters. The van der Waals surface area contributed by atoms with Gasteiger partial charge in [-0.1, -0.05) is 6.92 Å². The molecule has 1 aromatic rings. The lowest BCUT2D eigenvalue weighted by atomic mass is 10.0. The van der Waals surface area contributed by atoms with Gasteiger partial charge in [-0.2, -0.15) is 0 Å². The Labute approximate surface area is 81.0 Å². The number of carbonyl (C=O) groups is 1. The summed E-state index contributed by atoms with van der Waals surface area (Å²) in [5.41, 5.74) is 10.5. The van der Waals surface area contributed by atoms with Crippen molar-refractivity contribution < 1.29 is 15.0 Å². The van der Waals surface area contributed by atoms with E-state index in [1.54, 1.807) is 6.92 Å². The molecule has 1 rings (SSSR count). The van der Waals surface area contributed by atoms with Crippen LogP contribution in [0.3, 0.4) is 0 Å². The zero-order valence-electron chi connectivity index (χ0n) is 7.74. The molecule has 0 heterocycles. The van der Waals surface area contributed by atoms with E-state index in [4.69, 9.17) is 11.5 Å². The summed E-state index contributed by atoms with van der Waals surface area (Å²) in [6.45, 7) is 1.65. The fraction of sp³-hybridized carbons (Fsp3) is 0.222. The molecule has 1 aromatic carbocycles. The summed E-state index contributed by atoms with van der Waals surface area (Å²) in [5.74, 6) is -1.08. The minimum atomic E-state index is -0.413. The van der Waals surface area contributed by atoms with E-state index in [0.717, 1.165) is 0 Å². The second kappa shape index (κ2) is 3.45. The van der Waals surface area contributed by atoms with Gasteiger partial charge in [-0.25, -0.2) is 0 Å². The second-order valence-electron chi connectivity index (χ2n) is 2.90. The highest BCUT2D eigenvalue weighted by molar-refractivity contribution is 6.02. The second-order valence-corrected chi connectivity index (χ2v) is 2.90. The Morgan fingerprint density at radius 1 is 1.36 bits per heavy atom. The van der Waals surface area contributed by atoms with Gasteiger partial charge in [-0.05, 0) is 6.07 Å². The quantitative estimate of drug-likeness (QED) is 0.242. The minimum Gasteiger partial charge on any atom is -0.505 e. The van der Waals surface area contributed by atoms with E-state index in [1.165, 1.54) is 6.07 Å². The number of anilines is 2. The maximum Gasteiger partial charge on any atom is 0.166 e. The predicted octanol–water partition coefficient (Wildman–Crippen LogP) is 0.855. The number of ketones is 1. The lowest BCUT2D eigenvalue weighted by Gasteiger charge is -2.09. The largest absolute Gasteiger partial charge is 0.505 e. The first kappa shape index (κ1) is 10.2. The van der Waals surface area contributed by atoms with Crippen molar-refractivity contribution in [3.63, 3.8) is 0 Å². The van der Waals surface area contributed by atoms with E-state index in [-0.39, 0.29) is 29.1 Å². The van der Waals surface area contributed by atoms with Crippen LogP contribution in [0.5, 0.6) is 11.5 Å². The average Bonchev–Trinajstić information content (AvgIpc) is 2.19. The molecule has 6 N–H and O–H groups in total. The van der Waals surface area contributed by atoms with E-state index >= 15 is 0 Å². The highest BCUT2D eigenvalue weighted by Gasteiger charge is 2.17. The van der Waals surface area contributed by atoms with Gasteiger partial charge in [0.05, 0.1) is 11.3 Å². The summed E-state index contributed by atoms with van der Waals surface area (Å²) in [6, 6.07) is 1.22. The summed E-state index contributed by atoms with van der Waals surface area (Å²) in [4.78, 5) is 11.3. The third-order valence-corrected chi connectivity index (χ3v) is 1.96. The first-order valence-corrected chi connectivity index (χ1v) is 4.12. The summed E-state index contributed by atoms with van der Waals surface area (Å²) in [6.07, 6.45) is 0.233. The highest BCUT2D eigenvalue weighted by Crippen LogP contribution is 2.38. The molecule has 76 valence electrons. The normalized spacial score (nSPS) is 10.1. The standard InChI is InChI=1S/C9H12N2O3/c1-2-6(12)4-3-5(10)9(14)7(11)8(4)13/h3,13-14H,2,10-11H2,1H3. The van der Waals surface area contributed by atoms with Crippen LogP contribution in [-0.4, -0.2) is 16.0 Å². The van der Waals surface area contributed by atoms with Gasteiger partial charge in [0.2, 0.25) is 0 Å². The van der Waals surface area contributed by atoms with Crippen LogP contribution < -0.4 is 11.5 Å². The first-order valence-electron chi connectivity index (χ1n) is 4.12. The number of phenols is 2. The maximum absolute atomic E-state index is 11.3. The number of benzene rings is 1. The zero-order chi connectivity index (χ0) is 10.9. The number of Topliss-reactive ketones (excluding diaryl/α,β-unsaturated/α-hetero) is 1. The summed E-state index contributed by atoms with van der Waals surface area (Å²) in [5, 5.41) is 18.7. The van der Waals surface area contributed by atoms with Crippen molar-refractivity contribution in [1.82, 2.24) is 0 Å². The summed E-state index contributed by atoms with van der Waals surface area (Å²) in [7, 11) is 0. The molecule has 0 bridgehead atoms. The Bertz CT molecular complexity index is 388. The molecule has 0 aromatic heterocycles. The molecule has 0 radical (unpaired) electrons. The number of nitrogen functional groups attached to an aromatic ring is 2. The number of aromatic hydroxyl groups is 2. The van der Waals surface area contributed by atoms with Crippen molar-refractivity contribution >= 4 is 17.2 Å². The van der Waals surface area contributed by atoms with Gasteiger partial charge >= 0.3 is 0 Å². The fourth-order valence-corrected chi connectivity index (χ4v) is 1.11. The van der Waals surface area contributed by atoms with Crippen molar-refractivity contribution in [3.8, 4) is 11.5 Å². The topological polar surface area (TPSA) is 110 Å². The van der Waals surface area contributed by atoms with E-state index in [9.17, 15) is 15.0 Å². The Kier molecular flexibility index (Phi) is 2.51. The third-order valence-electron chi connectivity index (χ3n) is 1.96. The molecule has 14 heavy (non-hydrogen) atoms. The van der Waals surface area contributed by atoms with Crippen LogP contribution in [0.4, 0.5) is 11.4 Å². The van der Waals surface area contributed by atoms with E-state index in [0.29, 0.717) is 0 Å². The Hall–Kier alpha value is -1.91. The van der Waals surface area contributed by atoms with Crippen LogP contribution in [0.2, 0.25) is 0 Å². The van der Waals surface area contributed by atoms with Gasteiger partial charge < -0.3 is 21.7 Å². The number of hydrogen-bond donors (Lipinski definition) is 4. The molecule has 0 aliphatic heterocycles. The van der Waals surface area contributed by atoms with Crippen LogP contribution in [0, 0.1) is 0 Å². The lowest BCUT2D eigenvalue weighted by molar-refractivity contribution is 0.0985. The van der Waals surface area contributed by atoms with Gasteiger partial charge in [-0.15, -0.1) is 0 Å². The molecule has 0 unspecified atom stereocenters. The number of phenolic OH excluding ortho intramolecular Hbond substituents is 2. The van der Waals surface area contributed by atoms with Gasteiger partial charge in [0, 0.05) is 6.42 Å². The number of hydrogen-bond acceptors (Lipinski definition) is 5. The smallest absolute Gasteiger partial charge is 0.166 e. The molecule has 0 spiro atoms. The van der Waals surface area contributed by atoms with Crippen molar-refractivity contribution in [1.29, 1.82) is 0 Å². The van der Waals surface area contributed by atoms with Crippen molar-refractivity contribution in [2.45, 2.75) is 13.3 Å². The molecule has 0 aliphatic carbocycles. The minimum absolute atomic E-state index is 0.0166. The predicted molar refractivity (Wildman–Crippen MR) is 53.2 cm³/mol. The van der Waals surface area contributed by atoms with Crippen molar-refractivity contribution in [3.05, 3.63) is 11.6 Å². The van der Waals surface area contributed by atoms with Crippen LogP contribution in [-0.2, 0) is 0 Å². The van der Waals surface area contributed by atoms with E-state index in [1.807, 2.05) is 0 Å². The van der Waals surface area contributed by atoms with Crippen molar-refractivity contribution in [2.75, 3.05) is 11.5 Å². The SMILES string of the molecule is CCC(=O)c1cc(N)c(O)c(N)c1O. The van der Waals surface area contributed by atoms with Crippen LogP contribution in [0.25, 0.3) is 0 Å². The lowest BCUT2D eigenvalue weighted by Crippen LogP contribution is -2.02. The Morgan fingerprint density at radius 3 is 2.43 bits per heavy atom. The maximum atomic E-state index is 11.3. The molecular formula is C9H12N2O3. The molecule has 5 nitrogen and oxygen atoms in total. The van der Waals surface area contributed by atoms with Gasteiger partial charge in [0.1, 0.15) is 5.69 Å². The monoisotopic (exact) mass is 196 g/mol. The molecular weight excluding hydrogens is 184 g/mol. The fourth-order valence-electron chi connectivity index (χ4n) is 1.11. The Balaban J connectivity index is 3.40. The van der Waals surface area contributed by atoms with E-state index < -0.39 is 11.5 Å². The first-order chi connectivity index (χ1) is 6.49. The molecule has 0 saturated heterocycles. The zero-order valence-corrected chi connectivity index (χ0v) is 7.74. The molecule has 0 fully saturated rings. The average molecular weight is 196 g/mol. The molecule has 5 heteroatoms. The third kappa shape index (κ3) is 1.44. The van der Waals surface area contributed by atoms with Crippen LogP contribution in [0.1, 0.15) is 23.7 Å². The van der Waals surface area contributed by atoms with Gasteiger partial charge in [-0.3, -0.25) is 4.79 Å². The number of rotatable bonds is 2. The summed E-state index contributed by atoms with van der Waals surface area (Å²) < 4.78 is 0. The van der Waals surface area contributed by atoms with E-state index in [2.05, 4.69) is 0 Å². The molecule has 0 aliphatic rings. The highest BCUT2D eigenvalue weighted by atomic mass is 16.3. The van der Waals surface area contributed by atoms with Gasteiger partial charge in [0.25, 0.3) is 0 Å². The van der Waals surface area contributed by atoms with Gasteiger partial charge in [0.15, 0.2) is 17.3 Å². The van der Waals surface area contributed by atoms with Crippen LogP contribution in [0.15, 0.2) is 6.07 Å².